The second-order valence-corrected chi connectivity index (χ2v) is 12.9. The molecular formula is C34H54N4O8. The van der Waals surface area contributed by atoms with Gasteiger partial charge in [0.25, 0.3) is 5.69 Å². The summed E-state index contributed by atoms with van der Waals surface area (Å²) in [6, 6.07) is 10.4. The number of carbonyl (C=O) groups excluding carboxylic acids is 2. The Hall–Kier alpha value is -4.22. The Bertz CT molecular complexity index is 1220. The molecule has 2 aromatic carbocycles. The van der Waals surface area contributed by atoms with Crippen molar-refractivity contribution in [1.82, 2.24) is 9.80 Å². The van der Waals surface area contributed by atoms with Crippen LogP contribution in [0.4, 0.5) is 21.0 Å². The van der Waals surface area contributed by atoms with Gasteiger partial charge in [0.1, 0.15) is 22.7 Å². The van der Waals surface area contributed by atoms with Gasteiger partial charge in [0.05, 0.1) is 24.7 Å². The molecule has 4 rings (SSSR count). The molecule has 2 aliphatic heterocycles. The molecule has 46 heavy (non-hydrogen) atoms. The first-order chi connectivity index (χ1) is 21.4. The number of amides is 2. The van der Waals surface area contributed by atoms with E-state index >= 15 is 0 Å². The van der Waals surface area contributed by atoms with Crippen LogP contribution in [-0.2, 0) is 9.47 Å². The van der Waals surface area contributed by atoms with Gasteiger partial charge in [-0.3, -0.25) is 10.1 Å². The summed E-state index contributed by atoms with van der Waals surface area (Å²) in [7, 11) is 3.13. The molecule has 0 bridgehead atoms. The number of nitro benzene ring substituents is 1. The van der Waals surface area contributed by atoms with Gasteiger partial charge in [-0.2, -0.15) is 0 Å². The van der Waals surface area contributed by atoms with E-state index in [-0.39, 0.29) is 29.1 Å². The summed E-state index contributed by atoms with van der Waals surface area (Å²) in [5.74, 6) is 1.39. The van der Waals surface area contributed by atoms with Gasteiger partial charge in [0.15, 0.2) is 0 Å². The van der Waals surface area contributed by atoms with Gasteiger partial charge in [-0.25, -0.2) is 9.59 Å². The molecule has 2 N–H and O–H groups in total. The zero-order valence-electron chi connectivity index (χ0n) is 29.3. The highest BCUT2D eigenvalue weighted by atomic mass is 16.6. The van der Waals surface area contributed by atoms with E-state index in [9.17, 15) is 19.7 Å². The molecule has 2 aromatic rings. The standard InChI is InChI=1S/2C9H17NO2.C8H9NO3.C8H11NO/c2*1-9(2,3)12-8(11)10-6-4-5-7-10;1-6-7(9(10)11)4-3-5-8(6)12-2;1-6-7(9)4-3-5-8(6)10-2/h2*4-7H2,1-3H3;3-5H,1-2H3;3-5H,9H2,1-2H3. The van der Waals surface area contributed by atoms with Crippen LogP contribution in [0.2, 0.25) is 0 Å². The third-order valence-corrected chi connectivity index (χ3v) is 6.73. The van der Waals surface area contributed by atoms with Crippen LogP contribution in [0.5, 0.6) is 11.5 Å². The monoisotopic (exact) mass is 646 g/mol. The van der Waals surface area contributed by atoms with Crippen LogP contribution in [0, 0.1) is 24.0 Å². The zero-order valence-corrected chi connectivity index (χ0v) is 29.3. The van der Waals surface area contributed by atoms with Crippen molar-refractivity contribution in [3.63, 3.8) is 0 Å². The number of carbonyl (C=O) groups is 2. The van der Waals surface area contributed by atoms with Crippen molar-refractivity contribution in [1.29, 1.82) is 0 Å². The first-order valence-corrected chi connectivity index (χ1v) is 15.5. The van der Waals surface area contributed by atoms with Gasteiger partial charge in [-0.15, -0.1) is 0 Å². The first kappa shape index (κ1) is 39.8. The normalized spacial score (nSPS) is 14.0. The molecule has 2 saturated heterocycles. The molecule has 12 heteroatoms. The van der Waals surface area contributed by atoms with Crippen LogP contribution in [0.25, 0.3) is 0 Å². The number of nitro groups is 1. The summed E-state index contributed by atoms with van der Waals surface area (Å²) in [4.78, 5) is 36.3. The summed E-state index contributed by atoms with van der Waals surface area (Å²) in [6.07, 6.45) is 4.11. The Labute approximate surface area is 274 Å². The van der Waals surface area contributed by atoms with Crippen LogP contribution < -0.4 is 15.2 Å². The molecule has 0 saturated carbocycles. The highest BCUT2D eigenvalue weighted by molar-refractivity contribution is 5.68. The second-order valence-electron chi connectivity index (χ2n) is 12.9. The van der Waals surface area contributed by atoms with Gasteiger partial charge >= 0.3 is 12.2 Å². The van der Waals surface area contributed by atoms with Crippen molar-refractivity contribution >= 4 is 23.6 Å². The summed E-state index contributed by atoms with van der Waals surface area (Å²) in [6.45, 7) is 18.4. The number of rotatable bonds is 3. The summed E-state index contributed by atoms with van der Waals surface area (Å²) < 4.78 is 20.4. The van der Waals surface area contributed by atoms with E-state index in [0.717, 1.165) is 68.9 Å². The lowest BCUT2D eigenvalue weighted by Crippen LogP contribution is -2.34. The average molecular weight is 647 g/mol. The SMILES string of the molecule is CC(C)(C)OC(=O)N1CCCC1.CC(C)(C)OC(=O)N1CCCC1.COc1cccc(N)c1C.COc1cccc([N+](=O)[O-])c1C. The molecule has 0 atom stereocenters. The maximum absolute atomic E-state index is 11.4. The van der Waals surface area contributed by atoms with Gasteiger partial charge in [-0.1, -0.05) is 12.1 Å². The highest BCUT2D eigenvalue weighted by Gasteiger charge is 2.25. The first-order valence-electron chi connectivity index (χ1n) is 15.5. The molecule has 0 spiro atoms. The van der Waals surface area contributed by atoms with Crippen LogP contribution in [0.1, 0.15) is 78.4 Å². The predicted molar refractivity (Wildman–Crippen MR) is 181 cm³/mol. The predicted octanol–water partition coefficient (Wildman–Crippen LogP) is 7.53. The maximum Gasteiger partial charge on any atom is 0.410 e. The number of nitrogens with zero attached hydrogens (tertiary/aromatic N) is 3. The molecule has 2 heterocycles. The lowest BCUT2D eigenvalue weighted by atomic mass is 10.2. The smallest absolute Gasteiger partial charge is 0.410 e. The van der Waals surface area contributed by atoms with E-state index in [4.69, 9.17) is 24.7 Å². The molecule has 12 nitrogen and oxygen atoms in total. The van der Waals surface area contributed by atoms with Gasteiger partial charge in [0.2, 0.25) is 0 Å². The van der Waals surface area contributed by atoms with E-state index in [1.807, 2.05) is 66.7 Å². The van der Waals surface area contributed by atoms with Crippen molar-refractivity contribution in [3.8, 4) is 11.5 Å². The number of nitrogen functional groups attached to an aromatic ring is 1. The lowest BCUT2D eigenvalue weighted by Gasteiger charge is -2.23. The van der Waals surface area contributed by atoms with Crippen molar-refractivity contribution in [2.24, 2.45) is 0 Å². The van der Waals surface area contributed by atoms with Crippen molar-refractivity contribution in [3.05, 3.63) is 57.6 Å². The third-order valence-electron chi connectivity index (χ3n) is 6.73. The van der Waals surface area contributed by atoms with E-state index in [1.165, 1.54) is 13.2 Å². The fourth-order valence-corrected chi connectivity index (χ4v) is 4.33. The molecule has 2 amide bonds. The maximum atomic E-state index is 11.4. The van der Waals surface area contributed by atoms with Crippen LogP contribution >= 0.6 is 0 Å². The minimum absolute atomic E-state index is 0.0920. The Kier molecular flexibility index (Phi) is 16.2. The van der Waals surface area contributed by atoms with Gasteiger partial charge < -0.3 is 34.5 Å². The summed E-state index contributed by atoms with van der Waals surface area (Å²) >= 11 is 0. The topological polar surface area (TPSA) is 147 Å². The molecule has 0 aromatic heterocycles. The number of nitrogens with two attached hydrogens (primary N) is 1. The zero-order chi connectivity index (χ0) is 35.1. The molecule has 0 unspecified atom stereocenters. The number of likely N-dealkylation sites (tertiary alicyclic amines) is 2. The minimum atomic E-state index is -0.419. The molecule has 2 aliphatic rings. The van der Waals surface area contributed by atoms with E-state index in [1.54, 1.807) is 36.0 Å². The molecule has 0 aliphatic carbocycles. The summed E-state index contributed by atoms with van der Waals surface area (Å²) in [5, 5.41) is 10.4. The fourth-order valence-electron chi connectivity index (χ4n) is 4.33. The van der Waals surface area contributed by atoms with E-state index < -0.39 is 4.92 Å². The Balaban J connectivity index is 0.000000307. The third kappa shape index (κ3) is 14.7. The van der Waals surface area contributed by atoms with Crippen LogP contribution in [0.3, 0.4) is 0 Å². The second kappa shape index (κ2) is 18.7. The van der Waals surface area contributed by atoms with Crippen LogP contribution in [0.15, 0.2) is 36.4 Å². The van der Waals surface area contributed by atoms with Crippen molar-refractivity contribution < 1.29 is 33.5 Å². The molecule has 0 radical (unpaired) electrons. The number of ether oxygens (including phenoxy) is 4. The average Bonchev–Trinajstić information content (AvgIpc) is 3.69. The molecular weight excluding hydrogens is 592 g/mol. The highest BCUT2D eigenvalue weighted by Crippen LogP contribution is 2.26. The number of benzene rings is 2. The summed E-state index contributed by atoms with van der Waals surface area (Å²) in [5.41, 5.74) is 7.33. The largest absolute Gasteiger partial charge is 0.496 e. The molecule has 2 fully saturated rings. The fraction of sp³-hybridized carbons (Fsp3) is 0.588. The van der Waals surface area contributed by atoms with E-state index in [2.05, 4.69) is 0 Å². The Morgan fingerprint density at radius 1 is 0.717 bits per heavy atom. The van der Waals surface area contributed by atoms with Crippen molar-refractivity contribution in [2.45, 2.75) is 92.3 Å². The Morgan fingerprint density at radius 2 is 1.09 bits per heavy atom. The number of hydrogen-bond acceptors (Lipinski definition) is 9. The van der Waals surface area contributed by atoms with E-state index in [0.29, 0.717) is 11.3 Å². The number of hydrogen-bond donors (Lipinski definition) is 1. The van der Waals surface area contributed by atoms with Gasteiger partial charge in [-0.05, 0) is 99.3 Å². The van der Waals surface area contributed by atoms with Crippen molar-refractivity contribution in [2.75, 3.05) is 46.1 Å². The lowest BCUT2D eigenvalue weighted by molar-refractivity contribution is -0.385. The number of methoxy groups -OCH3 is 2. The Morgan fingerprint density at radius 3 is 1.41 bits per heavy atom. The minimum Gasteiger partial charge on any atom is -0.496 e. The number of anilines is 1. The van der Waals surface area contributed by atoms with Gasteiger partial charge in [0, 0.05) is 43.5 Å². The molecule has 258 valence electrons. The van der Waals surface area contributed by atoms with Crippen LogP contribution in [-0.4, -0.2) is 78.5 Å². The quantitative estimate of drug-likeness (QED) is 0.203.